The molecule has 2 N–H and O–H groups in total. The molecule has 1 fully saturated rings. The number of carbonyl (C=O) groups is 3. The van der Waals surface area contributed by atoms with E-state index in [0.29, 0.717) is 15.7 Å². The quantitative estimate of drug-likeness (QED) is 0.555. The number of aromatic hydroxyl groups is 1. The zero-order valence-corrected chi connectivity index (χ0v) is 15.8. The summed E-state index contributed by atoms with van der Waals surface area (Å²) in [6.07, 6.45) is 1.31. The van der Waals surface area contributed by atoms with E-state index in [1.807, 2.05) is 6.92 Å². The maximum Gasteiger partial charge on any atom is 0.335 e. The molecular weight excluding hydrogens is 424 g/mol. The van der Waals surface area contributed by atoms with Crippen molar-refractivity contribution in [3.63, 3.8) is 0 Å². The first-order chi connectivity index (χ1) is 12.3. The number of nitrogens with one attached hydrogen (secondary N) is 1. The van der Waals surface area contributed by atoms with Crippen molar-refractivity contribution in [2.75, 3.05) is 4.90 Å². The highest BCUT2D eigenvalue weighted by molar-refractivity contribution is 9.10. The van der Waals surface area contributed by atoms with E-state index in [2.05, 4.69) is 21.2 Å². The van der Waals surface area contributed by atoms with Gasteiger partial charge in [-0.15, -0.1) is 0 Å². The Labute approximate surface area is 162 Å². The van der Waals surface area contributed by atoms with Crippen LogP contribution >= 0.6 is 27.5 Å². The number of amides is 4. The molecule has 1 aliphatic heterocycles. The van der Waals surface area contributed by atoms with Crippen LogP contribution in [0.2, 0.25) is 5.02 Å². The number of aryl methyl sites for hydroxylation is 1. The highest BCUT2D eigenvalue weighted by Crippen LogP contribution is 2.34. The van der Waals surface area contributed by atoms with E-state index in [-0.39, 0.29) is 16.3 Å². The molecule has 3 rings (SSSR count). The van der Waals surface area contributed by atoms with Crippen molar-refractivity contribution in [3.8, 4) is 5.75 Å². The lowest BCUT2D eigenvalue weighted by molar-refractivity contribution is -0.122. The summed E-state index contributed by atoms with van der Waals surface area (Å²) >= 11 is 9.06. The van der Waals surface area contributed by atoms with Crippen LogP contribution in [0.1, 0.15) is 11.1 Å². The third-order valence-corrected chi connectivity index (χ3v) is 4.64. The van der Waals surface area contributed by atoms with Crippen molar-refractivity contribution in [1.82, 2.24) is 5.32 Å². The van der Waals surface area contributed by atoms with Crippen molar-refractivity contribution < 1.29 is 19.5 Å². The highest BCUT2D eigenvalue weighted by atomic mass is 79.9. The summed E-state index contributed by atoms with van der Waals surface area (Å²) in [6.45, 7) is 1.88. The number of phenols is 1. The molecule has 1 saturated heterocycles. The number of rotatable bonds is 2. The van der Waals surface area contributed by atoms with E-state index in [1.54, 1.807) is 24.3 Å². The van der Waals surface area contributed by atoms with Gasteiger partial charge in [-0.05, 0) is 58.8 Å². The minimum atomic E-state index is -0.814. The van der Waals surface area contributed by atoms with Gasteiger partial charge < -0.3 is 5.11 Å². The Balaban J connectivity index is 2.04. The molecule has 0 unspecified atom stereocenters. The number of nitrogens with zero attached hydrogens (tertiary/aromatic N) is 1. The van der Waals surface area contributed by atoms with Gasteiger partial charge in [0.1, 0.15) is 11.3 Å². The summed E-state index contributed by atoms with van der Waals surface area (Å²) < 4.78 is 0.312. The first-order valence-corrected chi connectivity index (χ1v) is 8.61. The second-order valence-corrected chi connectivity index (χ2v) is 6.89. The average molecular weight is 436 g/mol. The number of hydrogen-bond donors (Lipinski definition) is 2. The Hall–Kier alpha value is -2.64. The average Bonchev–Trinajstić information content (AvgIpc) is 2.58. The van der Waals surface area contributed by atoms with E-state index >= 15 is 0 Å². The summed E-state index contributed by atoms with van der Waals surface area (Å²) in [7, 11) is 0. The maximum atomic E-state index is 12.8. The number of phenolic OH excluding ortho intramolecular Hbond substituents is 1. The van der Waals surface area contributed by atoms with Gasteiger partial charge in [-0.2, -0.15) is 0 Å². The molecule has 0 bridgehead atoms. The van der Waals surface area contributed by atoms with Gasteiger partial charge in [0.2, 0.25) is 0 Å². The van der Waals surface area contributed by atoms with Crippen molar-refractivity contribution in [3.05, 3.63) is 62.6 Å². The predicted molar refractivity (Wildman–Crippen MR) is 101 cm³/mol. The third kappa shape index (κ3) is 3.36. The standard InChI is InChI=1S/C18H12BrClN2O4/c1-9-2-4-11(5-3-9)22-17(25)12(16(24)21-18(22)26)6-10-7-13(19)15(23)14(20)8-10/h2-8,23H,1H3,(H,21,24,26). The molecule has 1 heterocycles. The van der Waals surface area contributed by atoms with Crippen molar-refractivity contribution in [2.45, 2.75) is 6.92 Å². The number of urea groups is 1. The van der Waals surface area contributed by atoms with Crippen molar-refractivity contribution >= 4 is 57.1 Å². The van der Waals surface area contributed by atoms with E-state index in [4.69, 9.17) is 11.6 Å². The SMILES string of the molecule is Cc1ccc(N2C(=O)NC(=O)C(=Cc3cc(Cl)c(O)c(Br)c3)C2=O)cc1. The van der Waals surface area contributed by atoms with Gasteiger partial charge in [0, 0.05) is 0 Å². The summed E-state index contributed by atoms with van der Waals surface area (Å²) in [6, 6.07) is 8.84. The van der Waals surface area contributed by atoms with Gasteiger partial charge in [-0.3, -0.25) is 14.9 Å². The first-order valence-electron chi connectivity index (χ1n) is 7.44. The second-order valence-electron chi connectivity index (χ2n) is 5.63. The lowest BCUT2D eigenvalue weighted by atomic mass is 10.1. The predicted octanol–water partition coefficient (Wildman–Crippen LogP) is 3.78. The van der Waals surface area contributed by atoms with Crippen LogP contribution in [0, 0.1) is 6.92 Å². The Bertz CT molecular complexity index is 947. The van der Waals surface area contributed by atoms with Gasteiger partial charge in [0.15, 0.2) is 0 Å². The molecule has 1 aliphatic rings. The van der Waals surface area contributed by atoms with Gasteiger partial charge >= 0.3 is 6.03 Å². The second kappa shape index (κ2) is 6.93. The molecule has 2 aromatic carbocycles. The largest absolute Gasteiger partial charge is 0.505 e. The van der Waals surface area contributed by atoms with Crippen LogP contribution in [-0.4, -0.2) is 23.0 Å². The molecule has 0 aliphatic carbocycles. The number of benzene rings is 2. The summed E-state index contributed by atoms with van der Waals surface area (Å²) in [5.41, 5.74) is 1.51. The van der Waals surface area contributed by atoms with Gasteiger partial charge in [0.05, 0.1) is 15.2 Å². The number of anilines is 1. The fraction of sp³-hybridized carbons (Fsp3) is 0.0556. The number of carbonyl (C=O) groups excluding carboxylic acids is 3. The molecule has 0 saturated carbocycles. The van der Waals surface area contributed by atoms with E-state index in [0.717, 1.165) is 10.5 Å². The lowest BCUT2D eigenvalue weighted by Crippen LogP contribution is -2.54. The van der Waals surface area contributed by atoms with Crippen LogP contribution in [0.4, 0.5) is 10.5 Å². The number of hydrogen-bond acceptors (Lipinski definition) is 4. The summed E-state index contributed by atoms with van der Waals surface area (Å²) in [4.78, 5) is 37.9. The molecule has 2 aromatic rings. The van der Waals surface area contributed by atoms with Crippen LogP contribution < -0.4 is 10.2 Å². The summed E-state index contributed by atoms with van der Waals surface area (Å²) in [5.74, 6) is -1.70. The Morgan fingerprint density at radius 3 is 2.42 bits per heavy atom. The molecular formula is C18H12BrClN2O4. The number of barbiturate groups is 1. The van der Waals surface area contributed by atoms with Crippen molar-refractivity contribution in [2.24, 2.45) is 0 Å². The minimum absolute atomic E-state index is 0.0568. The molecule has 6 nitrogen and oxygen atoms in total. The molecule has 132 valence electrons. The van der Waals surface area contributed by atoms with E-state index < -0.39 is 17.8 Å². The van der Waals surface area contributed by atoms with E-state index in [9.17, 15) is 19.5 Å². The fourth-order valence-electron chi connectivity index (χ4n) is 2.42. The van der Waals surface area contributed by atoms with Crippen LogP contribution in [-0.2, 0) is 9.59 Å². The number of halogens is 2. The molecule has 0 aromatic heterocycles. The topological polar surface area (TPSA) is 86.7 Å². The zero-order chi connectivity index (χ0) is 19.0. The fourth-order valence-corrected chi connectivity index (χ4v) is 3.24. The monoisotopic (exact) mass is 434 g/mol. The smallest absolute Gasteiger partial charge is 0.335 e. The number of imide groups is 2. The summed E-state index contributed by atoms with van der Waals surface area (Å²) in [5, 5.41) is 11.9. The molecule has 8 heteroatoms. The Morgan fingerprint density at radius 2 is 1.81 bits per heavy atom. The minimum Gasteiger partial charge on any atom is -0.505 e. The van der Waals surface area contributed by atoms with Crippen LogP contribution in [0.15, 0.2) is 46.4 Å². The van der Waals surface area contributed by atoms with Crippen molar-refractivity contribution in [1.29, 1.82) is 0 Å². The maximum absolute atomic E-state index is 12.8. The molecule has 0 spiro atoms. The van der Waals surface area contributed by atoms with Crippen LogP contribution in [0.5, 0.6) is 5.75 Å². The highest BCUT2D eigenvalue weighted by Gasteiger charge is 2.36. The van der Waals surface area contributed by atoms with Gasteiger partial charge in [-0.25, -0.2) is 9.69 Å². The molecule has 26 heavy (non-hydrogen) atoms. The molecule has 0 radical (unpaired) electrons. The lowest BCUT2D eigenvalue weighted by Gasteiger charge is -2.26. The molecule has 0 atom stereocenters. The zero-order valence-electron chi connectivity index (χ0n) is 13.4. The Kier molecular flexibility index (Phi) is 4.84. The van der Waals surface area contributed by atoms with Gasteiger partial charge in [-0.1, -0.05) is 29.3 Å². The Morgan fingerprint density at radius 1 is 1.15 bits per heavy atom. The van der Waals surface area contributed by atoms with Gasteiger partial charge in [0.25, 0.3) is 11.8 Å². The van der Waals surface area contributed by atoms with E-state index in [1.165, 1.54) is 18.2 Å². The van der Waals surface area contributed by atoms with Crippen LogP contribution in [0.3, 0.4) is 0 Å². The molecule has 4 amide bonds. The normalized spacial score (nSPS) is 16.2. The van der Waals surface area contributed by atoms with Crippen LogP contribution in [0.25, 0.3) is 6.08 Å². The first kappa shape index (κ1) is 18.2. The third-order valence-electron chi connectivity index (χ3n) is 3.74.